The number of ether oxygens (including phenoxy) is 1. The largest absolute Gasteiger partial charge is 0.461 e. The minimum Gasteiger partial charge on any atom is -0.461 e. The third-order valence-corrected chi connectivity index (χ3v) is 7.08. The van der Waals surface area contributed by atoms with Crippen molar-refractivity contribution in [2.45, 2.75) is 30.5 Å². The lowest BCUT2D eigenvalue weighted by Crippen LogP contribution is -2.41. The predicted octanol–water partition coefficient (Wildman–Crippen LogP) is 3.76. The first-order chi connectivity index (χ1) is 15.0. The molecule has 1 aliphatic rings. The zero-order valence-corrected chi connectivity index (χ0v) is 17.4. The molecule has 8 nitrogen and oxygen atoms in total. The molecule has 2 aromatic rings. The quantitative estimate of drug-likeness (QED) is 0.360. The maximum Gasteiger partial charge on any atom is 0.417 e. The number of nitro groups is 1. The molecule has 0 spiro atoms. The van der Waals surface area contributed by atoms with E-state index in [1.165, 1.54) is 30.3 Å². The van der Waals surface area contributed by atoms with Crippen LogP contribution in [0, 0.1) is 16.0 Å². The van der Waals surface area contributed by atoms with E-state index in [9.17, 15) is 36.5 Å². The number of nitro benzene ring substituents is 1. The van der Waals surface area contributed by atoms with E-state index >= 15 is 0 Å². The summed E-state index contributed by atoms with van der Waals surface area (Å²) in [4.78, 5) is 21.6. The Morgan fingerprint density at radius 3 is 2.25 bits per heavy atom. The first-order valence-electron chi connectivity index (χ1n) is 9.56. The molecule has 3 rings (SSSR count). The second-order valence-corrected chi connectivity index (χ2v) is 9.11. The molecule has 1 aliphatic heterocycles. The highest BCUT2D eigenvalue weighted by Crippen LogP contribution is 2.36. The lowest BCUT2D eigenvalue weighted by atomic mass is 9.98. The van der Waals surface area contributed by atoms with E-state index in [4.69, 9.17) is 4.74 Å². The smallest absolute Gasteiger partial charge is 0.417 e. The summed E-state index contributed by atoms with van der Waals surface area (Å²) in [7, 11) is -4.39. The van der Waals surface area contributed by atoms with Gasteiger partial charge in [-0.3, -0.25) is 14.9 Å². The highest BCUT2D eigenvalue weighted by molar-refractivity contribution is 7.89. The summed E-state index contributed by atoms with van der Waals surface area (Å²) in [6, 6.07) is 9.46. The van der Waals surface area contributed by atoms with Crippen LogP contribution in [0.15, 0.2) is 53.4 Å². The number of carbonyl (C=O) groups excluding carboxylic acids is 1. The fraction of sp³-hybridized carbons (Fsp3) is 0.350. The highest BCUT2D eigenvalue weighted by Gasteiger charge is 2.40. The number of hydrogen-bond donors (Lipinski definition) is 0. The predicted molar refractivity (Wildman–Crippen MR) is 106 cm³/mol. The molecule has 0 radical (unpaired) electrons. The molecule has 0 unspecified atom stereocenters. The second kappa shape index (κ2) is 9.25. The van der Waals surface area contributed by atoms with Crippen LogP contribution in [0.4, 0.5) is 18.9 Å². The number of benzene rings is 2. The topological polar surface area (TPSA) is 107 Å². The molecule has 1 fully saturated rings. The van der Waals surface area contributed by atoms with E-state index in [1.54, 1.807) is 0 Å². The van der Waals surface area contributed by atoms with Gasteiger partial charge in [-0.05, 0) is 42.7 Å². The van der Waals surface area contributed by atoms with Gasteiger partial charge in [-0.2, -0.15) is 17.5 Å². The van der Waals surface area contributed by atoms with E-state index in [-0.39, 0.29) is 38.2 Å². The fourth-order valence-corrected chi connectivity index (χ4v) is 5.06. The number of non-ortho nitro benzene ring substituents is 1. The molecule has 12 heteroatoms. The van der Waals surface area contributed by atoms with Crippen molar-refractivity contribution >= 4 is 21.7 Å². The maximum absolute atomic E-state index is 13.2. The number of halogens is 3. The van der Waals surface area contributed by atoms with E-state index in [2.05, 4.69) is 0 Å². The molecule has 1 saturated heterocycles. The normalized spacial score (nSPS) is 16.0. The minimum absolute atomic E-state index is 0.0965. The Balaban J connectivity index is 1.60. The molecule has 0 atom stereocenters. The lowest BCUT2D eigenvalue weighted by molar-refractivity contribution is -0.384. The van der Waals surface area contributed by atoms with E-state index < -0.39 is 43.5 Å². The summed E-state index contributed by atoms with van der Waals surface area (Å²) < 4.78 is 71.4. The van der Waals surface area contributed by atoms with Gasteiger partial charge in [0.05, 0.1) is 21.3 Å². The number of esters is 1. The van der Waals surface area contributed by atoms with Crippen molar-refractivity contribution in [3.8, 4) is 0 Å². The number of nitrogens with zero attached hydrogens (tertiary/aromatic N) is 2. The Morgan fingerprint density at radius 2 is 1.69 bits per heavy atom. The van der Waals surface area contributed by atoms with Crippen molar-refractivity contribution in [1.29, 1.82) is 0 Å². The zero-order chi connectivity index (χ0) is 23.5. The summed E-state index contributed by atoms with van der Waals surface area (Å²) in [6.07, 6.45) is -4.61. The minimum atomic E-state index is -4.82. The summed E-state index contributed by atoms with van der Waals surface area (Å²) in [6.45, 7) is -0.341. The SMILES string of the molecule is O=C(OCc1ccc([N+](=O)[O-])cc1)C1CCN(S(=O)(=O)c2ccccc2C(F)(F)F)CC1. The average Bonchev–Trinajstić information content (AvgIpc) is 2.77. The van der Waals surface area contributed by atoms with Crippen LogP contribution in [0.2, 0.25) is 0 Å². The summed E-state index contributed by atoms with van der Waals surface area (Å²) in [5, 5.41) is 10.7. The molecule has 1 heterocycles. The van der Waals surface area contributed by atoms with Gasteiger partial charge in [0, 0.05) is 25.2 Å². The number of rotatable bonds is 6. The Bertz CT molecular complexity index is 1100. The van der Waals surface area contributed by atoms with Crippen molar-refractivity contribution in [2.24, 2.45) is 5.92 Å². The molecule has 0 saturated carbocycles. The Labute approximate surface area is 181 Å². The molecule has 172 valence electrons. The van der Waals surface area contributed by atoms with Crippen LogP contribution in [0.5, 0.6) is 0 Å². The second-order valence-electron chi connectivity index (χ2n) is 7.20. The maximum atomic E-state index is 13.2. The first-order valence-corrected chi connectivity index (χ1v) is 11.0. The van der Waals surface area contributed by atoms with Gasteiger partial charge in [-0.25, -0.2) is 8.42 Å². The number of piperidine rings is 1. The van der Waals surface area contributed by atoms with Gasteiger partial charge in [0.1, 0.15) is 6.61 Å². The number of sulfonamides is 1. The molecule has 0 aromatic heterocycles. The molecule has 0 amide bonds. The zero-order valence-electron chi connectivity index (χ0n) is 16.6. The van der Waals surface area contributed by atoms with E-state index in [1.807, 2.05) is 0 Å². The first kappa shape index (κ1) is 23.7. The van der Waals surface area contributed by atoms with Gasteiger partial charge in [0.25, 0.3) is 5.69 Å². The van der Waals surface area contributed by atoms with Gasteiger partial charge in [0.2, 0.25) is 10.0 Å². The monoisotopic (exact) mass is 472 g/mol. The van der Waals surface area contributed by atoms with Gasteiger partial charge in [-0.1, -0.05) is 12.1 Å². The third-order valence-electron chi connectivity index (χ3n) is 5.13. The van der Waals surface area contributed by atoms with Crippen LogP contribution in [0.25, 0.3) is 0 Å². The van der Waals surface area contributed by atoms with Crippen molar-refractivity contribution in [1.82, 2.24) is 4.31 Å². The van der Waals surface area contributed by atoms with Gasteiger partial charge < -0.3 is 4.74 Å². The fourth-order valence-electron chi connectivity index (χ4n) is 3.38. The molecular weight excluding hydrogens is 453 g/mol. The van der Waals surface area contributed by atoms with Crippen molar-refractivity contribution in [2.75, 3.05) is 13.1 Å². The molecule has 0 N–H and O–H groups in total. The summed E-state index contributed by atoms with van der Waals surface area (Å²) in [5.74, 6) is -1.16. The number of alkyl halides is 3. The summed E-state index contributed by atoms with van der Waals surface area (Å²) >= 11 is 0. The summed E-state index contributed by atoms with van der Waals surface area (Å²) in [5.41, 5.74) is -0.780. The number of hydrogen-bond acceptors (Lipinski definition) is 6. The molecule has 2 aromatic carbocycles. The van der Waals surface area contributed by atoms with E-state index in [0.29, 0.717) is 5.56 Å². The Kier molecular flexibility index (Phi) is 6.84. The third kappa shape index (κ3) is 5.25. The van der Waals surface area contributed by atoms with Crippen LogP contribution < -0.4 is 0 Å². The van der Waals surface area contributed by atoms with Gasteiger partial charge in [-0.15, -0.1) is 0 Å². The molecule has 0 bridgehead atoms. The van der Waals surface area contributed by atoms with Crippen molar-refractivity contribution in [3.05, 3.63) is 69.8 Å². The van der Waals surface area contributed by atoms with Crippen LogP contribution in [0.1, 0.15) is 24.0 Å². The van der Waals surface area contributed by atoms with Gasteiger partial charge >= 0.3 is 12.1 Å². The van der Waals surface area contributed by atoms with Crippen LogP contribution in [0.3, 0.4) is 0 Å². The molecule has 0 aliphatic carbocycles. The molecule has 32 heavy (non-hydrogen) atoms. The lowest BCUT2D eigenvalue weighted by Gasteiger charge is -2.30. The Morgan fingerprint density at radius 1 is 1.09 bits per heavy atom. The van der Waals surface area contributed by atoms with Crippen molar-refractivity contribution < 1.29 is 36.0 Å². The highest BCUT2D eigenvalue weighted by atomic mass is 32.2. The standard InChI is InChI=1S/C20H19F3N2O6S/c21-20(22,23)17-3-1-2-4-18(17)32(29,30)24-11-9-15(10-12-24)19(26)31-13-14-5-7-16(8-6-14)25(27)28/h1-8,15H,9-13H2. The number of carbonyl (C=O) groups is 1. The average molecular weight is 472 g/mol. The van der Waals surface area contributed by atoms with Crippen molar-refractivity contribution in [3.63, 3.8) is 0 Å². The van der Waals surface area contributed by atoms with Gasteiger partial charge in [0.15, 0.2) is 0 Å². The van der Waals surface area contributed by atoms with Crippen LogP contribution >= 0.6 is 0 Å². The molecular formula is C20H19F3N2O6S. The van der Waals surface area contributed by atoms with Crippen LogP contribution in [-0.2, 0) is 32.3 Å². The van der Waals surface area contributed by atoms with Crippen LogP contribution in [-0.4, -0.2) is 36.7 Å². The Hall–Kier alpha value is -2.99. The van der Waals surface area contributed by atoms with E-state index in [0.717, 1.165) is 22.5 Å².